The van der Waals surface area contributed by atoms with E-state index in [1.807, 2.05) is 30.1 Å². The molecule has 0 fully saturated rings. The number of thioether (sulfide) groups is 1. The maximum Gasteiger partial charge on any atom is 0.0560 e. The van der Waals surface area contributed by atoms with Crippen LogP contribution < -0.4 is 10.6 Å². The van der Waals surface area contributed by atoms with E-state index in [1.165, 1.54) is 5.69 Å². The summed E-state index contributed by atoms with van der Waals surface area (Å²) in [5.74, 6) is 1.14. The lowest BCUT2D eigenvalue weighted by Crippen LogP contribution is -2.20. The fourth-order valence-electron chi connectivity index (χ4n) is 1.17. The maximum absolute atomic E-state index is 5.53. The third-order valence-electron chi connectivity index (χ3n) is 2.08. The number of nitrogens with zero attached hydrogens (tertiary/aromatic N) is 2. The molecule has 0 saturated carbocycles. The van der Waals surface area contributed by atoms with Gasteiger partial charge in [0.15, 0.2) is 0 Å². The Morgan fingerprint density at radius 3 is 3.00 bits per heavy atom. The van der Waals surface area contributed by atoms with Crippen LogP contribution in [0.5, 0.6) is 0 Å². The Morgan fingerprint density at radius 2 is 2.36 bits per heavy atom. The number of rotatable bonds is 5. The molecule has 0 aliphatic carbocycles. The average Bonchev–Trinajstić information content (AvgIpc) is 2.26. The van der Waals surface area contributed by atoms with Crippen molar-refractivity contribution in [3.8, 4) is 0 Å². The predicted octanol–water partition coefficient (Wildman–Crippen LogP) is 1.34. The molecule has 1 heterocycles. The van der Waals surface area contributed by atoms with Crippen LogP contribution in [-0.4, -0.2) is 30.6 Å². The molecule has 14 heavy (non-hydrogen) atoms. The van der Waals surface area contributed by atoms with Crippen molar-refractivity contribution >= 4 is 17.4 Å². The zero-order valence-corrected chi connectivity index (χ0v) is 9.55. The number of aromatic nitrogens is 1. The molecule has 0 amide bonds. The van der Waals surface area contributed by atoms with Crippen LogP contribution in [0.25, 0.3) is 0 Å². The lowest BCUT2D eigenvalue weighted by atomic mass is 10.3. The van der Waals surface area contributed by atoms with E-state index in [2.05, 4.69) is 23.2 Å². The summed E-state index contributed by atoms with van der Waals surface area (Å²) in [4.78, 5) is 6.38. The summed E-state index contributed by atoms with van der Waals surface area (Å²) >= 11 is 1.85. The molecule has 1 aromatic rings. The number of pyridine rings is 1. The highest BCUT2D eigenvalue weighted by Crippen LogP contribution is 2.12. The van der Waals surface area contributed by atoms with Crippen LogP contribution in [0.4, 0.5) is 5.69 Å². The van der Waals surface area contributed by atoms with Crippen LogP contribution >= 0.6 is 11.8 Å². The maximum atomic E-state index is 5.53. The van der Waals surface area contributed by atoms with Crippen LogP contribution in [0, 0.1) is 0 Å². The van der Waals surface area contributed by atoms with Gasteiger partial charge in [0.2, 0.25) is 0 Å². The molecule has 0 bridgehead atoms. The van der Waals surface area contributed by atoms with Gasteiger partial charge in [0.25, 0.3) is 0 Å². The van der Waals surface area contributed by atoms with Gasteiger partial charge in [-0.3, -0.25) is 4.98 Å². The fraction of sp³-hybridized carbons (Fsp3) is 0.500. The zero-order chi connectivity index (χ0) is 10.4. The molecule has 1 rings (SSSR count). The highest BCUT2D eigenvalue weighted by atomic mass is 32.2. The first kappa shape index (κ1) is 11.3. The second kappa shape index (κ2) is 5.88. The van der Waals surface area contributed by atoms with Gasteiger partial charge in [-0.25, -0.2) is 0 Å². The third-order valence-corrected chi connectivity index (χ3v) is 2.67. The van der Waals surface area contributed by atoms with E-state index in [4.69, 9.17) is 5.73 Å². The first-order valence-corrected chi connectivity index (χ1v) is 6.02. The minimum atomic E-state index is 0.504. The van der Waals surface area contributed by atoms with Crippen molar-refractivity contribution in [3.05, 3.63) is 24.0 Å². The van der Waals surface area contributed by atoms with Gasteiger partial charge in [-0.2, -0.15) is 11.8 Å². The monoisotopic (exact) mass is 211 g/mol. The number of hydrogen-bond donors (Lipinski definition) is 1. The minimum Gasteiger partial charge on any atom is -0.374 e. The molecule has 0 radical (unpaired) electrons. The number of hydrogen-bond acceptors (Lipinski definition) is 4. The summed E-state index contributed by atoms with van der Waals surface area (Å²) in [6, 6.07) is 4.06. The van der Waals surface area contributed by atoms with Gasteiger partial charge < -0.3 is 10.6 Å². The Bertz CT molecular complexity index is 278. The molecule has 3 nitrogen and oxygen atoms in total. The lowest BCUT2D eigenvalue weighted by Gasteiger charge is -2.18. The van der Waals surface area contributed by atoms with Crippen LogP contribution in [0.15, 0.2) is 18.3 Å². The summed E-state index contributed by atoms with van der Waals surface area (Å²) in [5, 5.41) is 0. The van der Waals surface area contributed by atoms with E-state index in [0.29, 0.717) is 6.54 Å². The summed E-state index contributed by atoms with van der Waals surface area (Å²) < 4.78 is 0. The minimum absolute atomic E-state index is 0.504. The Hall–Kier alpha value is -0.740. The van der Waals surface area contributed by atoms with E-state index >= 15 is 0 Å². The molecule has 0 spiro atoms. The fourth-order valence-corrected chi connectivity index (χ4v) is 1.63. The van der Waals surface area contributed by atoms with Crippen LogP contribution in [0.3, 0.4) is 0 Å². The molecule has 0 atom stereocenters. The van der Waals surface area contributed by atoms with Crippen molar-refractivity contribution in [1.29, 1.82) is 0 Å². The summed E-state index contributed by atoms with van der Waals surface area (Å²) in [7, 11) is 2.09. The smallest absolute Gasteiger partial charge is 0.0560 e. The van der Waals surface area contributed by atoms with E-state index in [1.54, 1.807) is 0 Å². The Morgan fingerprint density at radius 1 is 1.57 bits per heavy atom. The Kier molecular flexibility index (Phi) is 4.76. The van der Waals surface area contributed by atoms with Crippen LogP contribution in [0.2, 0.25) is 0 Å². The van der Waals surface area contributed by atoms with Gasteiger partial charge in [0, 0.05) is 37.8 Å². The van der Waals surface area contributed by atoms with Gasteiger partial charge in [0.05, 0.1) is 5.69 Å². The topological polar surface area (TPSA) is 42.2 Å². The second-order valence-corrected chi connectivity index (χ2v) is 4.11. The van der Waals surface area contributed by atoms with Crippen molar-refractivity contribution in [1.82, 2.24) is 4.98 Å². The molecular formula is C10H17N3S. The normalized spacial score (nSPS) is 10.2. The standard InChI is InChI=1S/C10H17N3S/c1-13(5-6-14-2)10-3-4-12-9(7-10)8-11/h3-4,7H,5-6,8,11H2,1-2H3. The SMILES string of the molecule is CSCCN(C)c1ccnc(CN)c1. The average molecular weight is 211 g/mol. The number of anilines is 1. The molecule has 1 aromatic heterocycles. The molecule has 0 unspecified atom stereocenters. The first-order valence-electron chi connectivity index (χ1n) is 4.63. The Labute approximate surface area is 89.7 Å². The molecular weight excluding hydrogens is 194 g/mol. The molecule has 4 heteroatoms. The second-order valence-electron chi connectivity index (χ2n) is 3.12. The predicted molar refractivity (Wildman–Crippen MR) is 63.8 cm³/mol. The molecule has 0 saturated heterocycles. The van der Waals surface area contributed by atoms with E-state index in [9.17, 15) is 0 Å². The highest BCUT2D eigenvalue weighted by molar-refractivity contribution is 7.98. The highest BCUT2D eigenvalue weighted by Gasteiger charge is 2.00. The van der Waals surface area contributed by atoms with Gasteiger partial charge in [-0.05, 0) is 18.4 Å². The van der Waals surface area contributed by atoms with Crippen molar-refractivity contribution in [2.24, 2.45) is 5.73 Å². The molecule has 0 aliphatic rings. The van der Waals surface area contributed by atoms with Crippen LogP contribution in [0.1, 0.15) is 5.69 Å². The molecule has 2 N–H and O–H groups in total. The first-order chi connectivity index (χ1) is 6.77. The van der Waals surface area contributed by atoms with Crippen molar-refractivity contribution in [2.45, 2.75) is 6.54 Å². The van der Waals surface area contributed by atoms with Crippen LogP contribution in [-0.2, 0) is 6.54 Å². The van der Waals surface area contributed by atoms with E-state index in [0.717, 1.165) is 18.0 Å². The van der Waals surface area contributed by atoms with Crippen molar-refractivity contribution < 1.29 is 0 Å². The van der Waals surface area contributed by atoms with Gasteiger partial charge in [-0.1, -0.05) is 0 Å². The van der Waals surface area contributed by atoms with E-state index < -0.39 is 0 Å². The van der Waals surface area contributed by atoms with Crippen molar-refractivity contribution in [2.75, 3.05) is 30.5 Å². The van der Waals surface area contributed by atoms with E-state index in [-0.39, 0.29) is 0 Å². The summed E-state index contributed by atoms with van der Waals surface area (Å²) in [6.07, 6.45) is 3.93. The molecule has 0 aliphatic heterocycles. The zero-order valence-electron chi connectivity index (χ0n) is 8.73. The van der Waals surface area contributed by atoms with Crippen molar-refractivity contribution in [3.63, 3.8) is 0 Å². The van der Waals surface area contributed by atoms with Gasteiger partial charge in [-0.15, -0.1) is 0 Å². The summed E-state index contributed by atoms with van der Waals surface area (Å²) in [5.41, 5.74) is 7.67. The van der Waals surface area contributed by atoms with Gasteiger partial charge in [0.1, 0.15) is 0 Å². The summed E-state index contributed by atoms with van der Waals surface area (Å²) in [6.45, 7) is 1.55. The third kappa shape index (κ3) is 3.20. The van der Waals surface area contributed by atoms with Gasteiger partial charge >= 0.3 is 0 Å². The lowest BCUT2D eigenvalue weighted by molar-refractivity contribution is 0.947. The number of nitrogens with two attached hydrogens (primary N) is 1. The molecule has 0 aromatic carbocycles. The largest absolute Gasteiger partial charge is 0.374 e. The quantitative estimate of drug-likeness (QED) is 0.798. The Balaban J connectivity index is 2.64. The molecule has 78 valence electrons.